The molecule has 0 spiro atoms. The van der Waals surface area contributed by atoms with Gasteiger partial charge < -0.3 is 10.4 Å². The Morgan fingerprint density at radius 1 is 1.05 bits per heavy atom. The molecule has 0 aliphatic rings. The van der Waals surface area contributed by atoms with Crippen LogP contribution in [-0.2, 0) is 6.42 Å². The van der Waals surface area contributed by atoms with Crippen LogP contribution in [0.2, 0.25) is 0 Å². The predicted molar refractivity (Wildman–Crippen MR) is 82.3 cm³/mol. The minimum atomic E-state index is -0.446. The van der Waals surface area contributed by atoms with Crippen molar-refractivity contribution in [2.24, 2.45) is 5.92 Å². The van der Waals surface area contributed by atoms with Crippen LogP contribution in [0.3, 0.4) is 0 Å². The second kappa shape index (κ2) is 7.66. The van der Waals surface area contributed by atoms with Crippen molar-refractivity contribution in [3.63, 3.8) is 0 Å². The van der Waals surface area contributed by atoms with Crippen LogP contribution in [0.4, 0.5) is 0 Å². The highest BCUT2D eigenvalue weighted by Gasteiger charge is 2.24. The third kappa shape index (κ3) is 4.96. The molecule has 1 aromatic carbocycles. The molecule has 1 aromatic rings. The van der Waals surface area contributed by atoms with Crippen molar-refractivity contribution in [1.29, 1.82) is 0 Å². The molecule has 0 bridgehead atoms. The van der Waals surface area contributed by atoms with E-state index in [1.807, 2.05) is 0 Å². The van der Waals surface area contributed by atoms with Crippen molar-refractivity contribution in [3.8, 4) is 0 Å². The topological polar surface area (TPSA) is 32.3 Å². The van der Waals surface area contributed by atoms with E-state index in [2.05, 4.69) is 64.2 Å². The fourth-order valence-electron chi connectivity index (χ4n) is 2.41. The first kappa shape index (κ1) is 16.2. The Labute approximate surface area is 118 Å². The molecule has 1 rings (SSSR count). The van der Waals surface area contributed by atoms with E-state index in [4.69, 9.17) is 0 Å². The second-order valence-electron chi connectivity index (χ2n) is 6.03. The third-order valence-electron chi connectivity index (χ3n) is 3.44. The molecule has 2 atom stereocenters. The molecule has 0 radical (unpaired) electrons. The lowest BCUT2D eigenvalue weighted by Gasteiger charge is -2.30. The van der Waals surface area contributed by atoms with E-state index in [1.165, 1.54) is 5.56 Å². The van der Waals surface area contributed by atoms with Crippen LogP contribution in [-0.4, -0.2) is 17.2 Å². The molecule has 0 aromatic heterocycles. The zero-order chi connectivity index (χ0) is 14.4. The number of benzene rings is 1. The number of hydrogen-bond donors (Lipinski definition) is 2. The van der Waals surface area contributed by atoms with Gasteiger partial charge in [0.25, 0.3) is 0 Å². The summed E-state index contributed by atoms with van der Waals surface area (Å²) in [4.78, 5) is 0. The van der Waals surface area contributed by atoms with Crippen molar-refractivity contribution in [2.75, 3.05) is 0 Å². The zero-order valence-corrected chi connectivity index (χ0v) is 13.0. The van der Waals surface area contributed by atoms with Gasteiger partial charge in [0.15, 0.2) is 0 Å². The van der Waals surface area contributed by atoms with E-state index in [0.29, 0.717) is 12.0 Å². The molecule has 19 heavy (non-hydrogen) atoms. The van der Waals surface area contributed by atoms with E-state index < -0.39 is 6.10 Å². The number of aliphatic hydroxyl groups is 1. The Hall–Kier alpha value is -0.860. The van der Waals surface area contributed by atoms with Gasteiger partial charge in [0.05, 0.1) is 6.10 Å². The smallest absolute Gasteiger partial charge is 0.0945 e. The normalized spacial score (nSPS) is 14.9. The number of aryl methyl sites for hydroxylation is 1. The molecule has 0 aliphatic heterocycles. The number of aliphatic hydroxyl groups excluding tert-OH is 1. The Morgan fingerprint density at radius 2 is 1.63 bits per heavy atom. The van der Waals surface area contributed by atoms with Gasteiger partial charge in [0.1, 0.15) is 0 Å². The van der Waals surface area contributed by atoms with Crippen LogP contribution < -0.4 is 5.32 Å². The van der Waals surface area contributed by atoms with Gasteiger partial charge in [-0.15, -0.1) is 0 Å². The highest BCUT2D eigenvalue weighted by atomic mass is 16.3. The highest BCUT2D eigenvalue weighted by Crippen LogP contribution is 2.23. The van der Waals surface area contributed by atoms with Crippen molar-refractivity contribution >= 4 is 0 Å². The molecule has 0 saturated carbocycles. The molecular formula is C17H29NO. The Balaban J connectivity index is 2.80. The van der Waals surface area contributed by atoms with E-state index in [1.54, 1.807) is 0 Å². The van der Waals surface area contributed by atoms with Gasteiger partial charge in [-0.05, 0) is 23.5 Å². The summed E-state index contributed by atoms with van der Waals surface area (Å²) < 4.78 is 0. The molecule has 2 unspecified atom stereocenters. The number of nitrogens with one attached hydrogen (secondary N) is 1. The molecule has 2 heteroatoms. The molecular weight excluding hydrogens is 234 g/mol. The summed E-state index contributed by atoms with van der Waals surface area (Å²) in [5, 5.41) is 14.0. The summed E-state index contributed by atoms with van der Waals surface area (Å²) >= 11 is 0. The SMILES string of the molecule is CCCc1ccc(C(O)C(NC(C)C)C(C)C)cc1. The van der Waals surface area contributed by atoms with E-state index in [0.717, 1.165) is 18.4 Å². The Morgan fingerprint density at radius 3 is 2.05 bits per heavy atom. The highest BCUT2D eigenvalue weighted by molar-refractivity contribution is 5.25. The quantitative estimate of drug-likeness (QED) is 0.786. The minimum Gasteiger partial charge on any atom is -0.387 e. The average molecular weight is 263 g/mol. The molecule has 108 valence electrons. The van der Waals surface area contributed by atoms with Crippen LogP contribution in [0.1, 0.15) is 58.3 Å². The molecule has 2 N–H and O–H groups in total. The predicted octanol–water partition coefficient (Wildman–Crippen LogP) is 3.70. The van der Waals surface area contributed by atoms with Crippen molar-refractivity contribution in [1.82, 2.24) is 5.32 Å². The number of rotatable bonds is 7. The van der Waals surface area contributed by atoms with Crippen LogP contribution in [0, 0.1) is 5.92 Å². The van der Waals surface area contributed by atoms with Crippen molar-refractivity contribution in [2.45, 2.75) is 65.6 Å². The molecule has 0 heterocycles. The molecule has 2 nitrogen and oxygen atoms in total. The summed E-state index contributed by atoms with van der Waals surface area (Å²) in [5.74, 6) is 0.396. The standard InChI is InChI=1S/C17H29NO/c1-6-7-14-8-10-15(11-9-14)17(19)16(12(2)3)18-13(4)5/h8-13,16-19H,6-7H2,1-5H3. The summed E-state index contributed by atoms with van der Waals surface area (Å²) in [5.41, 5.74) is 2.35. The molecule has 0 saturated heterocycles. The fraction of sp³-hybridized carbons (Fsp3) is 0.647. The molecule has 0 fully saturated rings. The summed E-state index contributed by atoms with van der Waals surface area (Å²) in [6.07, 6.45) is 1.82. The van der Waals surface area contributed by atoms with Crippen LogP contribution in [0.15, 0.2) is 24.3 Å². The van der Waals surface area contributed by atoms with Crippen LogP contribution in [0.5, 0.6) is 0 Å². The molecule has 0 amide bonds. The number of hydrogen-bond acceptors (Lipinski definition) is 2. The third-order valence-corrected chi connectivity index (χ3v) is 3.44. The Bertz CT molecular complexity index is 356. The Kier molecular flexibility index (Phi) is 6.53. The monoisotopic (exact) mass is 263 g/mol. The van der Waals surface area contributed by atoms with Crippen molar-refractivity contribution in [3.05, 3.63) is 35.4 Å². The first-order chi connectivity index (χ1) is 8.95. The van der Waals surface area contributed by atoms with Crippen LogP contribution in [0.25, 0.3) is 0 Å². The lowest BCUT2D eigenvalue weighted by molar-refractivity contribution is 0.100. The van der Waals surface area contributed by atoms with Gasteiger partial charge in [0.2, 0.25) is 0 Å². The lowest BCUT2D eigenvalue weighted by atomic mass is 9.92. The minimum absolute atomic E-state index is 0.0945. The second-order valence-corrected chi connectivity index (χ2v) is 6.03. The average Bonchev–Trinajstić information content (AvgIpc) is 2.36. The summed E-state index contributed by atoms with van der Waals surface area (Å²) in [7, 11) is 0. The van der Waals surface area contributed by atoms with Gasteiger partial charge in [0, 0.05) is 12.1 Å². The van der Waals surface area contributed by atoms with Gasteiger partial charge in [-0.3, -0.25) is 0 Å². The first-order valence-electron chi connectivity index (χ1n) is 7.48. The first-order valence-corrected chi connectivity index (χ1v) is 7.48. The van der Waals surface area contributed by atoms with Crippen LogP contribution >= 0.6 is 0 Å². The van der Waals surface area contributed by atoms with Gasteiger partial charge in [-0.2, -0.15) is 0 Å². The maximum atomic E-state index is 10.6. The summed E-state index contributed by atoms with van der Waals surface area (Å²) in [6, 6.07) is 8.86. The van der Waals surface area contributed by atoms with E-state index in [-0.39, 0.29) is 6.04 Å². The van der Waals surface area contributed by atoms with Gasteiger partial charge >= 0.3 is 0 Å². The largest absolute Gasteiger partial charge is 0.387 e. The maximum absolute atomic E-state index is 10.6. The van der Waals surface area contributed by atoms with Crippen molar-refractivity contribution < 1.29 is 5.11 Å². The van der Waals surface area contributed by atoms with Gasteiger partial charge in [-0.25, -0.2) is 0 Å². The lowest BCUT2D eigenvalue weighted by Crippen LogP contribution is -2.42. The molecule has 0 aliphatic carbocycles. The zero-order valence-electron chi connectivity index (χ0n) is 13.0. The van der Waals surface area contributed by atoms with E-state index in [9.17, 15) is 5.11 Å². The summed E-state index contributed by atoms with van der Waals surface area (Å²) in [6.45, 7) is 10.7. The van der Waals surface area contributed by atoms with E-state index >= 15 is 0 Å². The van der Waals surface area contributed by atoms with Gasteiger partial charge in [-0.1, -0.05) is 65.3 Å². The maximum Gasteiger partial charge on any atom is 0.0945 e. The fourth-order valence-corrected chi connectivity index (χ4v) is 2.41.